The molecule has 18 heavy (non-hydrogen) atoms. The number of nitrogens with one attached hydrogen (secondary N) is 2. The summed E-state index contributed by atoms with van der Waals surface area (Å²) in [7, 11) is 0. The van der Waals surface area contributed by atoms with E-state index < -0.39 is 0 Å². The molecular formula is C14H20N2O2. The number of benzene rings is 1. The molecule has 98 valence electrons. The Labute approximate surface area is 107 Å². The first-order valence-corrected chi connectivity index (χ1v) is 6.40. The molecule has 0 spiro atoms. The van der Waals surface area contributed by atoms with Gasteiger partial charge in [-0.25, -0.2) is 0 Å². The van der Waals surface area contributed by atoms with E-state index in [9.17, 15) is 9.90 Å². The average molecular weight is 248 g/mol. The third-order valence-electron chi connectivity index (χ3n) is 3.54. The maximum absolute atomic E-state index is 12.1. The van der Waals surface area contributed by atoms with Crippen LogP contribution in [0.2, 0.25) is 0 Å². The second kappa shape index (κ2) is 5.40. The van der Waals surface area contributed by atoms with E-state index in [0.717, 1.165) is 18.5 Å². The fourth-order valence-corrected chi connectivity index (χ4v) is 2.37. The van der Waals surface area contributed by atoms with Crippen molar-refractivity contribution in [3.63, 3.8) is 0 Å². The van der Waals surface area contributed by atoms with Gasteiger partial charge in [0, 0.05) is 0 Å². The SMILES string of the molecule is CC(NC(=O)C1NCCC1C)c1cccc(O)c1. The van der Waals surface area contributed by atoms with E-state index >= 15 is 0 Å². The Bertz CT molecular complexity index is 434. The Morgan fingerprint density at radius 3 is 2.94 bits per heavy atom. The minimum Gasteiger partial charge on any atom is -0.508 e. The van der Waals surface area contributed by atoms with Gasteiger partial charge in [-0.3, -0.25) is 4.79 Å². The van der Waals surface area contributed by atoms with Crippen molar-refractivity contribution in [2.45, 2.75) is 32.4 Å². The molecule has 1 heterocycles. The summed E-state index contributed by atoms with van der Waals surface area (Å²) in [5.74, 6) is 0.637. The quantitative estimate of drug-likeness (QED) is 0.761. The number of phenols is 1. The highest BCUT2D eigenvalue weighted by Crippen LogP contribution is 2.19. The summed E-state index contributed by atoms with van der Waals surface area (Å²) in [6.45, 7) is 4.91. The lowest BCUT2D eigenvalue weighted by atomic mass is 10.0. The average Bonchev–Trinajstić information content (AvgIpc) is 2.75. The third kappa shape index (κ3) is 2.82. The van der Waals surface area contributed by atoms with Crippen molar-refractivity contribution in [3.8, 4) is 5.75 Å². The van der Waals surface area contributed by atoms with Gasteiger partial charge in [0.15, 0.2) is 0 Å². The predicted molar refractivity (Wildman–Crippen MR) is 70.2 cm³/mol. The Balaban J connectivity index is 1.98. The van der Waals surface area contributed by atoms with E-state index in [4.69, 9.17) is 0 Å². The van der Waals surface area contributed by atoms with Gasteiger partial charge in [-0.1, -0.05) is 19.1 Å². The second-order valence-corrected chi connectivity index (χ2v) is 5.02. The van der Waals surface area contributed by atoms with Gasteiger partial charge in [-0.05, 0) is 43.5 Å². The van der Waals surface area contributed by atoms with Gasteiger partial charge in [0.25, 0.3) is 0 Å². The molecule has 1 aromatic carbocycles. The van der Waals surface area contributed by atoms with Crippen LogP contribution in [0.4, 0.5) is 0 Å². The third-order valence-corrected chi connectivity index (χ3v) is 3.54. The lowest BCUT2D eigenvalue weighted by Crippen LogP contribution is -2.44. The molecule has 1 aliphatic heterocycles. The van der Waals surface area contributed by atoms with Crippen LogP contribution in [-0.2, 0) is 4.79 Å². The number of phenolic OH excluding ortho intramolecular Hbond substituents is 1. The first-order valence-electron chi connectivity index (χ1n) is 6.40. The van der Waals surface area contributed by atoms with Gasteiger partial charge in [-0.2, -0.15) is 0 Å². The lowest BCUT2D eigenvalue weighted by molar-refractivity contribution is -0.124. The molecular weight excluding hydrogens is 228 g/mol. The van der Waals surface area contributed by atoms with Crippen LogP contribution in [0.15, 0.2) is 24.3 Å². The summed E-state index contributed by atoms with van der Waals surface area (Å²) in [6.07, 6.45) is 1.04. The highest BCUT2D eigenvalue weighted by atomic mass is 16.3. The first-order chi connectivity index (χ1) is 8.58. The molecule has 2 rings (SSSR count). The zero-order valence-electron chi connectivity index (χ0n) is 10.8. The molecule has 0 saturated carbocycles. The van der Waals surface area contributed by atoms with Crippen molar-refractivity contribution in [2.24, 2.45) is 5.92 Å². The molecule has 0 aromatic heterocycles. The number of hydrogen-bond donors (Lipinski definition) is 3. The maximum atomic E-state index is 12.1. The van der Waals surface area contributed by atoms with Crippen molar-refractivity contribution >= 4 is 5.91 Å². The van der Waals surface area contributed by atoms with Crippen LogP contribution in [0.3, 0.4) is 0 Å². The molecule has 3 atom stereocenters. The maximum Gasteiger partial charge on any atom is 0.237 e. The minimum atomic E-state index is -0.0980. The molecule has 4 nitrogen and oxygen atoms in total. The molecule has 1 saturated heterocycles. The van der Waals surface area contributed by atoms with Crippen LogP contribution in [0, 0.1) is 5.92 Å². The summed E-state index contributed by atoms with van der Waals surface area (Å²) in [6, 6.07) is 6.79. The van der Waals surface area contributed by atoms with Crippen molar-refractivity contribution in [1.29, 1.82) is 0 Å². The van der Waals surface area contributed by atoms with Gasteiger partial charge in [0.05, 0.1) is 12.1 Å². The number of hydrogen-bond acceptors (Lipinski definition) is 3. The smallest absolute Gasteiger partial charge is 0.237 e. The summed E-state index contributed by atoms with van der Waals surface area (Å²) in [4.78, 5) is 12.1. The lowest BCUT2D eigenvalue weighted by Gasteiger charge is -2.20. The number of amides is 1. The van der Waals surface area contributed by atoms with Gasteiger partial charge in [0.2, 0.25) is 5.91 Å². The second-order valence-electron chi connectivity index (χ2n) is 5.02. The predicted octanol–water partition coefficient (Wildman–Crippen LogP) is 1.57. The highest BCUT2D eigenvalue weighted by molar-refractivity contribution is 5.82. The zero-order valence-corrected chi connectivity index (χ0v) is 10.8. The highest BCUT2D eigenvalue weighted by Gasteiger charge is 2.29. The monoisotopic (exact) mass is 248 g/mol. The number of rotatable bonds is 3. The normalized spacial score (nSPS) is 24.8. The molecule has 4 heteroatoms. The molecule has 0 radical (unpaired) electrons. The van der Waals surface area contributed by atoms with Crippen molar-refractivity contribution in [2.75, 3.05) is 6.54 Å². The molecule has 1 aliphatic rings. The van der Waals surface area contributed by atoms with Gasteiger partial charge in [0.1, 0.15) is 5.75 Å². The molecule has 3 N–H and O–H groups in total. The molecule has 0 bridgehead atoms. The summed E-state index contributed by atoms with van der Waals surface area (Å²) in [5.41, 5.74) is 0.911. The van der Waals surface area contributed by atoms with E-state index in [1.54, 1.807) is 18.2 Å². The van der Waals surface area contributed by atoms with Crippen LogP contribution in [-0.4, -0.2) is 23.6 Å². The molecule has 1 amide bonds. The first kappa shape index (κ1) is 12.9. The minimum absolute atomic E-state index is 0.0378. The van der Waals surface area contributed by atoms with E-state index in [-0.39, 0.29) is 23.7 Å². The number of carbonyl (C=O) groups excluding carboxylic acids is 1. The van der Waals surface area contributed by atoms with Gasteiger partial charge >= 0.3 is 0 Å². The summed E-state index contributed by atoms with van der Waals surface area (Å²) in [5, 5.41) is 15.6. The van der Waals surface area contributed by atoms with E-state index in [0.29, 0.717) is 5.92 Å². The van der Waals surface area contributed by atoms with Crippen LogP contribution in [0.5, 0.6) is 5.75 Å². The van der Waals surface area contributed by atoms with Crippen LogP contribution < -0.4 is 10.6 Å². The largest absolute Gasteiger partial charge is 0.508 e. The number of carbonyl (C=O) groups is 1. The van der Waals surface area contributed by atoms with E-state index in [2.05, 4.69) is 17.6 Å². The van der Waals surface area contributed by atoms with E-state index in [1.165, 1.54) is 0 Å². The van der Waals surface area contributed by atoms with Crippen LogP contribution >= 0.6 is 0 Å². The van der Waals surface area contributed by atoms with Crippen molar-refractivity contribution < 1.29 is 9.90 Å². The zero-order chi connectivity index (χ0) is 13.1. The van der Waals surface area contributed by atoms with Crippen molar-refractivity contribution in [3.05, 3.63) is 29.8 Å². The van der Waals surface area contributed by atoms with Gasteiger partial charge < -0.3 is 15.7 Å². The Hall–Kier alpha value is -1.55. The summed E-state index contributed by atoms with van der Waals surface area (Å²) >= 11 is 0. The Morgan fingerprint density at radius 2 is 2.33 bits per heavy atom. The fourth-order valence-electron chi connectivity index (χ4n) is 2.37. The standard InChI is InChI=1S/C14H20N2O2/c1-9-6-7-15-13(9)14(18)16-10(2)11-4-3-5-12(17)8-11/h3-5,8-10,13,15,17H,6-7H2,1-2H3,(H,16,18). The molecule has 3 unspecified atom stereocenters. The summed E-state index contributed by atoms with van der Waals surface area (Å²) < 4.78 is 0. The number of aromatic hydroxyl groups is 1. The van der Waals surface area contributed by atoms with Gasteiger partial charge in [-0.15, -0.1) is 0 Å². The molecule has 1 aromatic rings. The molecule has 1 fully saturated rings. The Morgan fingerprint density at radius 1 is 1.56 bits per heavy atom. The topological polar surface area (TPSA) is 61.4 Å². The van der Waals surface area contributed by atoms with Crippen LogP contribution in [0.25, 0.3) is 0 Å². The molecule has 0 aliphatic carbocycles. The fraction of sp³-hybridized carbons (Fsp3) is 0.500. The van der Waals surface area contributed by atoms with E-state index in [1.807, 2.05) is 13.0 Å². The van der Waals surface area contributed by atoms with Crippen molar-refractivity contribution in [1.82, 2.24) is 10.6 Å². The Kier molecular flexibility index (Phi) is 3.87. The van der Waals surface area contributed by atoms with Crippen LogP contribution in [0.1, 0.15) is 31.9 Å².